The van der Waals surface area contributed by atoms with Crippen molar-refractivity contribution in [2.75, 3.05) is 25.9 Å². The van der Waals surface area contributed by atoms with E-state index in [1.165, 1.54) is 0 Å². The van der Waals surface area contributed by atoms with E-state index in [-0.39, 0.29) is 5.57 Å². The fraction of sp³-hybridized carbons (Fsp3) is 0.467. The maximum atomic E-state index is 8.92. The Hall–Kier alpha value is -1.61. The van der Waals surface area contributed by atoms with Crippen LogP contribution in [0.25, 0.3) is 0 Å². The van der Waals surface area contributed by atoms with Crippen molar-refractivity contribution in [3.8, 4) is 12.1 Å². The second kappa shape index (κ2) is 8.54. The standard InChI is InChI=1S/C15H20N3OP/c1-12-8-14(15(10-16)11-17)9-13(2)18(12)4-6-19-5-3-7-20/h8-9H,3-7,20H2,1-2H3. The van der Waals surface area contributed by atoms with Crippen LogP contribution in [0.3, 0.4) is 0 Å². The molecular weight excluding hydrogens is 269 g/mol. The molecule has 0 fully saturated rings. The average molecular weight is 289 g/mol. The number of hydrogen-bond donors (Lipinski definition) is 0. The van der Waals surface area contributed by atoms with E-state index >= 15 is 0 Å². The van der Waals surface area contributed by atoms with Gasteiger partial charge in [0.15, 0.2) is 0 Å². The lowest BCUT2D eigenvalue weighted by molar-refractivity contribution is 0.121. The Morgan fingerprint density at radius 1 is 1.20 bits per heavy atom. The van der Waals surface area contributed by atoms with Gasteiger partial charge in [0.25, 0.3) is 0 Å². The molecule has 0 saturated carbocycles. The quantitative estimate of drug-likeness (QED) is 0.428. The van der Waals surface area contributed by atoms with Gasteiger partial charge in [-0.25, -0.2) is 0 Å². The van der Waals surface area contributed by atoms with Crippen molar-refractivity contribution in [1.82, 2.24) is 4.90 Å². The van der Waals surface area contributed by atoms with Gasteiger partial charge in [0.1, 0.15) is 17.7 Å². The van der Waals surface area contributed by atoms with E-state index in [0.29, 0.717) is 12.2 Å². The molecule has 0 aromatic heterocycles. The SMILES string of the molecule is CC1=CC(=C(C#N)C#N)C=C(C)N1CCOCCCP. The highest BCUT2D eigenvalue weighted by Gasteiger charge is 2.15. The van der Waals surface area contributed by atoms with Gasteiger partial charge in [-0.3, -0.25) is 0 Å². The first kappa shape index (κ1) is 16.4. The van der Waals surface area contributed by atoms with Gasteiger partial charge in [-0.15, -0.1) is 9.24 Å². The van der Waals surface area contributed by atoms with Crippen molar-refractivity contribution in [3.05, 3.63) is 34.7 Å². The zero-order valence-electron chi connectivity index (χ0n) is 12.0. The number of allylic oxidation sites excluding steroid dienone is 6. The van der Waals surface area contributed by atoms with Gasteiger partial charge >= 0.3 is 0 Å². The second-order valence-corrected chi connectivity index (χ2v) is 5.11. The van der Waals surface area contributed by atoms with Gasteiger partial charge in [0.2, 0.25) is 0 Å². The summed E-state index contributed by atoms with van der Waals surface area (Å²) in [4.78, 5) is 2.14. The zero-order chi connectivity index (χ0) is 15.0. The first-order chi connectivity index (χ1) is 9.63. The molecule has 1 unspecified atom stereocenters. The lowest BCUT2D eigenvalue weighted by Crippen LogP contribution is -2.26. The summed E-state index contributed by atoms with van der Waals surface area (Å²) in [6.45, 7) is 6.19. The molecule has 1 heterocycles. The summed E-state index contributed by atoms with van der Waals surface area (Å²) in [7, 11) is 2.69. The minimum Gasteiger partial charge on any atom is -0.380 e. The van der Waals surface area contributed by atoms with Gasteiger partial charge in [0.05, 0.1) is 6.61 Å². The third-order valence-electron chi connectivity index (χ3n) is 3.04. The Morgan fingerprint density at radius 3 is 2.30 bits per heavy atom. The van der Waals surface area contributed by atoms with Crippen molar-refractivity contribution in [2.45, 2.75) is 20.3 Å². The molecule has 5 heteroatoms. The molecule has 1 rings (SSSR count). The van der Waals surface area contributed by atoms with Crippen molar-refractivity contribution < 1.29 is 4.74 Å². The van der Waals surface area contributed by atoms with E-state index in [1.54, 1.807) is 0 Å². The predicted molar refractivity (Wildman–Crippen MR) is 82.5 cm³/mol. The minimum atomic E-state index is 0.153. The molecule has 0 aromatic rings. The molecule has 0 amide bonds. The first-order valence-corrected chi connectivity index (χ1v) is 7.42. The molecule has 106 valence electrons. The van der Waals surface area contributed by atoms with Gasteiger partial charge in [-0.2, -0.15) is 10.5 Å². The molecule has 0 saturated heterocycles. The van der Waals surface area contributed by atoms with Crippen LogP contribution in [0, 0.1) is 22.7 Å². The van der Waals surface area contributed by atoms with Crippen molar-refractivity contribution >= 4 is 9.24 Å². The number of ether oxygens (including phenoxy) is 1. The van der Waals surface area contributed by atoms with Crippen molar-refractivity contribution in [3.63, 3.8) is 0 Å². The maximum absolute atomic E-state index is 8.92. The first-order valence-electron chi connectivity index (χ1n) is 6.60. The molecule has 0 bridgehead atoms. The molecule has 0 N–H and O–H groups in total. The highest BCUT2D eigenvalue weighted by Crippen LogP contribution is 2.24. The third-order valence-corrected chi connectivity index (χ3v) is 3.45. The fourth-order valence-electron chi connectivity index (χ4n) is 2.02. The summed E-state index contributed by atoms with van der Waals surface area (Å²) in [5.74, 6) is 0. The molecule has 1 atom stereocenters. The molecule has 0 spiro atoms. The van der Waals surface area contributed by atoms with E-state index in [1.807, 2.05) is 38.1 Å². The molecule has 4 nitrogen and oxygen atoms in total. The largest absolute Gasteiger partial charge is 0.380 e. The summed E-state index contributed by atoms with van der Waals surface area (Å²) < 4.78 is 5.56. The minimum absolute atomic E-state index is 0.153. The monoisotopic (exact) mass is 289 g/mol. The summed E-state index contributed by atoms with van der Waals surface area (Å²) in [5, 5.41) is 17.8. The Kier molecular flexibility index (Phi) is 7.02. The van der Waals surface area contributed by atoms with Gasteiger partial charge in [-0.1, -0.05) is 0 Å². The predicted octanol–water partition coefficient (Wildman–Crippen LogP) is 2.74. The van der Waals surface area contributed by atoms with Crippen molar-refractivity contribution in [2.24, 2.45) is 0 Å². The lowest BCUT2D eigenvalue weighted by Gasteiger charge is -2.29. The Bertz CT molecular complexity index is 482. The van der Waals surface area contributed by atoms with Crippen LogP contribution in [0.5, 0.6) is 0 Å². The van der Waals surface area contributed by atoms with E-state index in [4.69, 9.17) is 15.3 Å². The smallest absolute Gasteiger partial charge is 0.137 e. The average Bonchev–Trinajstić information content (AvgIpc) is 2.42. The number of rotatable bonds is 6. The fourth-order valence-corrected chi connectivity index (χ4v) is 2.19. The summed E-state index contributed by atoms with van der Waals surface area (Å²) in [6.07, 6.45) is 5.85. The van der Waals surface area contributed by atoms with Crippen LogP contribution >= 0.6 is 9.24 Å². The highest BCUT2D eigenvalue weighted by atomic mass is 31.0. The summed E-state index contributed by atoms with van der Waals surface area (Å²) in [5.41, 5.74) is 2.89. The van der Waals surface area contributed by atoms with E-state index < -0.39 is 0 Å². The van der Waals surface area contributed by atoms with Crippen LogP contribution < -0.4 is 0 Å². The third kappa shape index (κ3) is 4.49. The van der Waals surface area contributed by atoms with Crippen LogP contribution in [0.15, 0.2) is 34.7 Å². The maximum Gasteiger partial charge on any atom is 0.137 e. The molecule has 20 heavy (non-hydrogen) atoms. The zero-order valence-corrected chi connectivity index (χ0v) is 13.2. The lowest BCUT2D eigenvalue weighted by atomic mass is 10.0. The summed E-state index contributed by atoms with van der Waals surface area (Å²) >= 11 is 0. The van der Waals surface area contributed by atoms with E-state index in [2.05, 4.69) is 14.1 Å². The van der Waals surface area contributed by atoms with Crippen LogP contribution in [0.2, 0.25) is 0 Å². The molecule has 0 aromatic carbocycles. The molecule has 0 aliphatic carbocycles. The Balaban J connectivity index is 2.69. The van der Waals surface area contributed by atoms with Gasteiger partial charge < -0.3 is 9.64 Å². The molecule has 1 aliphatic heterocycles. The summed E-state index contributed by atoms with van der Waals surface area (Å²) in [6, 6.07) is 3.86. The number of nitrogens with zero attached hydrogens (tertiary/aromatic N) is 3. The van der Waals surface area contributed by atoms with E-state index in [0.717, 1.165) is 37.1 Å². The molecule has 1 aliphatic rings. The highest BCUT2D eigenvalue weighted by molar-refractivity contribution is 7.16. The van der Waals surface area contributed by atoms with E-state index in [9.17, 15) is 0 Å². The Labute approximate surface area is 123 Å². The topological polar surface area (TPSA) is 60.0 Å². The van der Waals surface area contributed by atoms with Gasteiger partial charge in [-0.05, 0) is 38.6 Å². The number of nitriles is 2. The van der Waals surface area contributed by atoms with Crippen LogP contribution in [0.4, 0.5) is 0 Å². The molecular formula is C15H20N3OP. The second-order valence-electron chi connectivity index (χ2n) is 4.53. The molecule has 0 radical (unpaired) electrons. The Morgan fingerprint density at radius 2 is 1.80 bits per heavy atom. The normalized spacial score (nSPS) is 14.2. The van der Waals surface area contributed by atoms with Crippen LogP contribution in [-0.2, 0) is 4.74 Å². The van der Waals surface area contributed by atoms with Crippen LogP contribution in [-0.4, -0.2) is 30.8 Å². The number of hydrogen-bond acceptors (Lipinski definition) is 4. The van der Waals surface area contributed by atoms with Crippen molar-refractivity contribution in [1.29, 1.82) is 10.5 Å². The van der Waals surface area contributed by atoms with Crippen LogP contribution in [0.1, 0.15) is 20.3 Å². The van der Waals surface area contributed by atoms with Gasteiger partial charge in [0, 0.05) is 30.1 Å².